The zero-order valence-electron chi connectivity index (χ0n) is 16.1. The van der Waals surface area contributed by atoms with Crippen molar-refractivity contribution in [2.75, 3.05) is 27.4 Å². The van der Waals surface area contributed by atoms with Gasteiger partial charge in [-0.05, 0) is 49.6 Å². The molecular formula is C21H27NO4. The molecule has 2 rings (SSSR count). The van der Waals surface area contributed by atoms with Gasteiger partial charge in [0, 0.05) is 0 Å². The summed E-state index contributed by atoms with van der Waals surface area (Å²) >= 11 is 0. The summed E-state index contributed by atoms with van der Waals surface area (Å²) in [5.74, 6) is 2.10. The number of amides is 1. The molecule has 0 radical (unpaired) electrons. The Hall–Kier alpha value is -2.69. The number of rotatable bonds is 8. The molecule has 0 unspecified atom stereocenters. The fourth-order valence-electron chi connectivity index (χ4n) is 2.98. The number of ether oxygens (including phenoxy) is 3. The minimum absolute atomic E-state index is 0.0573. The zero-order chi connectivity index (χ0) is 19.1. The lowest BCUT2D eigenvalue weighted by atomic mass is 10.1. The molecular weight excluding hydrogens is 330 g/mol. The quantitative estimate of drug-likeness (QED) is 0.736. The van der Waals surface area contributed by atoms with Crippen molar-refractivity contribution in [3.8, 4) is 17.2 Å². The molecule has 5 nitrogen and oxygen atoms in total. The van der Waals surface area contributed by atoms with Gasteiger partial charge in [0.1, 0.15) is 12.4 Å². The van der Waals surface area contributed by atoms with Crippen LogP contribution in [0.1, 0.15) is 22.3 Å². The molecule has 0 aliphatic rings. The third-order valence-electron chi connectivity index (χ3n) is 4.09. The lowest BCUT2D eigenvalue weighted by Gasteiger charge is -2.14. The van der Waals surface area contributed by atoms with Crippen LogP contribution in [0.25, 0.3) is 0 Å². The van der Waals surface area contributed by atoms with Crippen LogP contribution in [0, 0.1) is 20.8 Å². The van der Waals surface area contributed by atoms with E-state index in [1.54, 1.807) is 20.3 Å². The van der Waals surface area contributed by atoms with Crippen molar-refractivity contribution in [2.45, 2.75) is 27.2 Å². The highest BCUT2D eigenvalue weighted by Gasteiger charge is 2.09. The third kappa shape index (κ3) is 5.15. The number of methoxy groups -OCH3 is 2. The maximum absolute atomic E-state index is 12.1. The maximum atomic E-state index is 12.1. The van der Waals surface area contributed by atoms with Crippen LogP contribution in [0.5, 0.6) is 17.2 Å². The van der Waals surface area contributed by atoms with Crippen LogP contribution in [0.4, 0.5) is 0 Å². The Morgan fingerprint density at radius 1 is 0.962 bits per heavy atom. The van der Waals surface area contributed by atoms with E-state index in [1.807, 2.05) is 26.0 Å². The van der Waals surface area contributed by atoms with Crippen molar-refractivity contribution in [3.05, 3.63) is 52.6 Å². The van der Waals surface area contributed by atoms with Gasteiger partial charge < -0.3 is 19.5 Å². The predicted molar refractivity (Wildman–Crippen MR) is 102 cm³/mol. The number of hydrogen-bond donors (Lipinski definition) is 1. The monoisotopic (exact) mass is 357 g/mol. The van der Waals surface area contributed by atoms with Gasteiger partial charge in [0.25, 0.3) is 0 Å². The first kappa shape index (κ1) is 19.6. The normalized spacial score (nSPS) is 10.3. The lowest BCUT2D eigenvalue weighted by molar-refractivity contribution is -0.120. The predicted octanol–water partition coefficient (Wildman–Crippen LogP) is 3.37. The number of nitrogens with one attached hydrogen (secondary N) is 1. The van der Waals surface area contributed by atoms with Crippen molar-refractivity contribution in [1.29, 1.82) is 0 Å². The Morgan fingerprint density at radius 3 is 2.23 bits per heavy atom. The molecule has 0 aliphatic heterocycles. The zero-order valence-corrected chi connectivity index (χ0v) is 16.1. The van der Waals surface area contributed by atoms with E-state index >= 15 is 0 Å². The van der Waals surface area contributed by atoms with Gasteiger partial charge in [-0.3, -0.25) is 4.79 Å². The van der Waals surface area contributed by atoms with Crippen LogP contribution in [0.15, 0.2) is 30.3 Å². The number of benzene rings is 2. The van der Waals surface area contributed by atoms with Crippen LogP contribution in [0.2, 0.25) is 0 Å². The molecule has 2 aromatic rings. The molecule has 2 aromatic carbocycles. The third-order valence-corrected chi connectivity index (χ3v) is 4.09. The number of hydrogen-bond acceptors (Lipinski definition) is 4. The van der Waals surface area contributed by atoms with E-state index in [1.165, 1.54) is 5.56 Å². The molecule has 140 valence electrons. The van der Waals surface area contributed by atoms with Gasteiger partial charge in [0.05, 0.1) is 27.2 Å². The van der Waals surface area contributed by atoms with Crippen LogP contribution >= 0.6 is 0 Å². The molecule has 0 atom stereocenters. The van der Waals surface area contributed by atoms with Gasteiger partial charge in [0.2, 0.25) is 5.91 Å². The first-order valence-electron chi connectivity index (χ1n) is 8.63. The molecule has 0 saturated heterocycles. The van der Waals surface area contributed by atoms with Gasteiger partial charge in [-0.25, -0.2) is 0 Å². The standard InChI is InChI=1S/C21H27NO4/c1-14-10-15(2)21(16(3)11-14)26-9-8-22-20(23)13-17-6-7-18(24-4)19(12-17)25-5/h6-7,10-12H,8-9,13H2,1-5H3,(H,22,23). The van der Waals surface area contributed by atoms with Crippen molar-refractivity contribution in [3.63, 3.8) is 0 Å². The molecule has 0 saturated carbocycles. The van der Waals surface area contributed by atoms with E-state index in [4.69, 9.17) is 14.2 Å². The topological polar surface area (TPSA) is 56.8 Å². The second-order valence-electron chi connectivity index (χ2n) is 6.29. The second-order valence-corrected chi connectivity index (χ2v) is 6.29. The van der Waals surface area contributed by atoms with E-state index in [0.29, 0.717) is 24.7 Å². The van der Waals surface area contributed by atoms with Crippen LogP contribution in [-0.4, -0.2) is 33.3 Å². The summed E-state index contributed by atoms with van der Waals surface area (Å²) < 4.78 is 16.3. The van der Waals surface area contributed by atoms with Gasteiger partial charge in [-0.1, -0.05) is 23.8 Å². The Morgan fingerprint density at radius 2 is 1.62 bits per heavy atom. The minimum atomic E-state index is -0.0573. The lowest BCUT2D eigenvalue weighted by Crippen LogP contribution is -2.29. The molecule has 0 aromatic heterocycles. The highest BCUT2D eigenvalue weighted by molar-refractivity contribution is 5.78. The average Bonchev–Trinajstić information content (AvgIpc) is 2.60. The molecule has 5 heteroatoms. The maximum Gasteiger partial charge on any atom is 0.224 e. The van der Waals surface area contributed by atoms with E-state index in [9.17, 15) is 4.79 Å². The average molecular weight is 357 g/mol. The fraction of sp³-hybridized carbons (Fsp3) is 0.381. The Labute approximate surface area is 155 Å². The van der Waals surface area contributed by atoms with E-state index in [2.05, 4.69) is 24.4 Å². The smallest absolute Gasteiger partial charge is 0.224 e. The molecule has 0 spiro atoms. The molecule has 26 heavy (non-hydrogen) atoms. The molecule has 1 N–H and O–H groups in total. The highest BCUT2D eigenvalue weighted by Crippen LogP contribution is 2.27. The van der Waals surface area contributed by atoms with Crippen LogP contribution in [0.3, 0.4) is 0 Å². The van der Waals surface area contributed by atoms with Crippen molar-refractivity contribution in [2.24, 2.45) is 0 Å². The molecule has 0 fully saturated rings. The van der Waals surface area contributed by atoms with E-state index < -0.39 is 0 Å². The summed E-state index contributed by atoms with van der Waals surface area (Å²) in [4.78, 5) is 12.1. The summed E-state index contributed by atoms with van der Waals surface area (Å²) in [6.07, 6.45) is 0.281. The fourth-order valence-corrected chi connectivity index (χ4v) is 2.98. The van der Waals surface area contributed by atoms with Gasteiger partial charge >= 0.3 is 0 Å². The van der Waals surface area contributed by atoms with Crippen molar-refractivity contribution in [1.82, 2.24) is 5.32 Å². The number of aryl methyl sites for hydroxylation is 3. The molecule has 1 amide bonds. The van der Waals surface area contributed by atoms with Gasteiger partial charge in [-0.15, -0.1) is 0 Å². The number of carbonyl (C=O) groups excluding carboxylic acids is 1. The first-order valence-corrected chi connectivity index (χ1v) is 8.63. The highest BCUT2D eigenvalue weighted by atomic mass is 16.5. The summed E-state index contributed by atoms with van der Waals surface area (Å²) in [6.45, 7) is 7.02. The van der Waals surface area contributed by atoms with E-state index in [0.717, 1.165) is 22.4 Å². The van der Waals surface area contributed by atoms with Gasteiger partial charge in [0.15, 0.2) is 11.5 Å². The summed E-state index contributed by atoms with van der Waals surface area (Å²) in [5.41, 5.74) is 4.31. The van der Waals surface area contributed by atoms with Crippen molar-refractivity contribution >= 4 is 5.91 Å². The van der Waals surface area contributed by atoms with Crippen LogP contribution < -0.4 is 19.5 Å². The SMILES string of the molecule is COc1ccc(CC(=O)NCCOc2c(C)cc(C)cc2C)cc1OC. The molecule has 0 aliphatic carbocycles. The first-order chi connectivity index (χ1) is 12.4. The summed E-state index contributed by atoms with van der Waals surface area (Å²) in [5, 5.41) is 2.88. The Kier molecular flexibility index (Phi) is 6.89. The Bertz CT molecular complexity index is 748. The minimum Gasteiger partial charge on any atom is -0.493 e. The number of carbonyl (C=O) groups is 1. The molecule has 0 heterocycles. The van der Waals surface area contributed by atoms with Crippen LogP contribution in [-0.2, 0) is 11.2 Å². The van der Waals surface area contributed by atoms with Gasteiger partial charge in [-0.2, -0.15) is 0 Å². The summed E-state index contributed by atoms with van der Waals surface area (Å²) in [7, 11) is 3.16. The van der Waals surface area contributed by atoms with E-state index in [-0.39, 0.29) is 12.3 Å². The Balaban J connectivity index is 1.83. The molecule has 0 bridgehead atoms. The van der Waals surface area contributed by atoms with Crippen molar-refractivity contribution < 1.29 is 19.0 Å². The summed E-state index contributed by atoms with van der Waals surface area (Å²) in [6, 6.07) is 9.66. The largest absolute Gasteiger partial charge is 0.493 e. The second kappa shape index (κ2) is 9.13.